The lowest BCUT2D eigenvalue weighted by Crippen LogP contribution is -2.42. The number of aromatic nitrogens is 1. The standard InChI is InChI=1S/C24H26ClFN4O6S2/c1-36-18(31)8-11-38(34,35)30-15-5-2-13(3-6-15)20-19(24(32)33)21(16-7-4-14(26)12-17(16)25)29-22(28-20)23-27-9-10-37-23/h4,7,9-10,12-13,15,21,30H,2-3,5-6,8,11H2,1H3,(H,28,29)(H,32,33). The van der Waals surface area contributed by atoms with Gasteiger partial charge in [0, 0.05) is 33.9 Å². The van der Waals surface area contributed by atoms with Crippen LogP contribution in [0.3, 0.4) is 0 Å². The van der Waals surface area contributed by atoms with Gasteiger partial charge < -0.3 is 15.2 Å². The van der Waals surface area contributed by atoms with E-state index in [1.807, 2.05) is 0 Å². The number of carboxylic acids is 1. The Hall–Kier alpha value is -2.87. The van der Waals surface area contributed by atoms with Crippen molar-refractivity contribution in [2.45, 2.75) is 44.2 Å². The number of hydrogen-bond acceptors (Lipinski definition) is 9. The van der Waals surface area contributed by atoms with Gasteiger partial charge in [-0.15, -0.1) is 11.3 Å². The second-order valence-electron chi connectivity index (χ2n) is 8.95. The highest BCUT2D eigenvalue weighted by molar-refractivity contribution is 7.89. The summed E-state index contributed by atoms with van der Waals surface area (Å²) in [6.45, 7) is 0. The molecule has 4 rings (SSSR count). The number of sulfonamides is 1. The minimum absolute atomic E-state index is 0.000855. The van der Waals surface area contributed by atoms with Gasteiger partial charge in [0.15, 0.2) is 10.8 Å². The Morgan fingerprint density at radius 3 is 2.63 bits per heavy atom. The molecule has 0 saturated heterocycles. The average molecular weight is 585 g/mol. The van der Waals surface area contributed by atoms with Crippen molar-refractivity contribution >= 4 is 50.7 Å². The molecule has 0 bridgehead atoms. The lowest BCUT2D eigenvalue weighted by Gasteiger charge is -2.35. The lowest BCUT2D eigenvalue weighted by molar-refractivity contribution is -0.140. The number of ether oxygens (including phenoxy) is 1. The molecule has 1 aliphatic carbocycles. The Morgan fingerprint density at radius 1 is 1.29 bits per heavy atom. The van der Waals surface area contributed by atoms with Gasteiger partial charge in [0.2, 0.25) is 10.0 Å². The molecule has 1 unspecified atom stereocenters. The maximum atomic E-state index is 13.8. The molecule has 1 saturated carbocycles. The van der Waals surface area contributed by atoms with Crippen molar-refractivity contribution < 1.29 is 32.2 Å². The van der Waals surface area contributed by atoms with Crippen molar-refractivity contribution in [3.8, 4) is 0 Å². The number of aliphatic carboxylic acids is 1. The summed E-state index contributed by atoms with van der Waals surface area (Å²) in [5, 5.41) is 15.8. The van der Waals surface area contributed by atoms with Crippen LogP contribution in [0, 0.1) is 11.7 Å². The maximum absolute atomic E-state index is 13.8. The normalized spacial score (nSPS) is 22.0. The van der Waals surface area contributed by atoms with Crippen LogP contribution in [-0.2, 0) is 24.3 Å². The Labute approximate surface area is 228 Å². The molecule has 0 spiro atoms. The number of thiazole rings is 1. The third-order valence-electron chi connectivity index (χ3n) is 6.48. The van der Waals surface area contributed by atoms with Crippen molar-refractivity contribution in [1.82, 2.24) is 15.0 Å². The predicted molar refractivity (Wildman–Crippen MR) is 140 cm³/mol. The number of allylic oxidation sites excluding steroid dienone is 1. The van der Waals surface area contributed by atoms with Gasteiger partial charge in [-0.25, -0.2) is 27.3 Å². The third kappa shape index (κ3) is 6.57. The Bertz CT molecular complexity index is 1370. The number of carbonyl (C=O) groups excluding carboxylic acids is 1. The molecule has 38 heavy (non-hydrogen) atoms. The quantitative estimate of drug-likeness (QED) is 0.380. The monoisotopic (exact) mass is 584 g/mol. The molecule has 2 aliphatic rings. The summed E-state index contributed by atoms with van der Waals surface area (Å²) in [4.78, 5) is 32.8. The van der Waals surface area contributed by atoms with Crippen molar-refractivity contribution in [3.05, 3.63) is 62.5 Å². The molecule has 1 aromatic carbocycles. The molecule has 2 heterocycles. The first-order valence-electron chi connectivity index (χ1n) is 11.8. The molecule has 1 aromatic heterocycles. The predicted octanol–water partition coefficient (Wildman–Crippen LogP) is 3.41. The Morgan fingerprint density at radius 2 is 2.03 bits per heavy atom. The fourth-order valence-corrected chi connectivity index (χ4v) is 6.81. The van der Waals surface area contributed by atoms with E-state index in [-0.39, 0.29) is 34.7 Å². The highest BCUT2D eigenvalue weighted by Gasteiger charge is 2.37. The minimum atomic E-state index is -3.69. The molecule has 1 fully saturated rings. The smallest absolute Gasteiger partial charge is 0.335 e. The highest BCUT2D eigenvalue weighted by Crippen LogP contribution is 2.40. The van der Waals surface area contributed by atoms with Crippen molar-refractivity contribution in [2.75, 3.05) is 12.9 Å². The van der Waals surface area contributed by atoms with Gasteiger partial charge >= 0.3 is 11.9 Å². The van der Waals surface area contributed by atoms with Gasteiger partial charge in [0.25, 0.3) is 0 Å². The number of amidine groups is 1. The van der Waals surface area contributed by atoms with Crippen molar-refractivity contribution in [1.29, 1.82) is 0 Å². The summed E-state index contributed by atoms with van der Waals surface area (Å²) in [5.41, 5.74) is 0.807. The summed E-state index contributed by atoms with van der Waals surface area (Å²) >= 11 is 7.65. The van der Waals surface area contributed by atoms with E-state index in [4.69, 9.17) is 11.6 Å². The fourth-order valence-electron chi connectivity index (χ4n) is 4.65. The van der Waals surface area contributed by atoms with E-state index in [1.165, 1.54) is 30.6 Å². The van der Waals surface area contributed by atoms with E-state index in [1.54, 1.807) is 11.6 Å². The highest BCUT2D eigenvalue weighted by atomic mass is 35.5. The first-order chi connectivity index (χ1) is 18.1. The number of methoxy groups -OCH3 is 1. The SMILES string of the molecule is COC(=O)CCS(=O)(=O)NC1CCC(C2=C(C(=O)O)C(c3ccc(F)cc3Cl)N=C(c3nccs3)N2)CC1. The van der Waals surface area contributed by atoms with Crippen LogP contribution < -0.4 is 10.0 Å². The lowest BCUT2D eigenvalue weighted by atomic mass is 9.80. The first-order valence-corrected chi connectivity index (χ1v) is 14.7. The van der Waals surface area contributed by atoms with Gasteiger partial charge in [-0.2, -0.15) is 0 Å². The molecule has 0 radical (unpaired) electrons. The Kier molecular flexibility index (Phi) is 8.81. The number of esters is 1. The molecule has 10 nitrogen and oxygen atoms in total. The molecular weight excluding hydrogens is 559 g/mol. The van der Waals surface area contributed by atoms with Crippen LogP contribution in [0.25, 0.3) is 0 Å². The van der Waals surface area contributed by atoms with Crippen LogP contribution in [0.5, 0.6) is 0 Å². The molecule has 2 aromatic rings. The number of nitrogens with zero attached hydrogens (tertiary/aromatic N) is 2. The van der Waals surface area contributed by atoms with E-state index in [0.29, 0.717) is 47.8 Å². The minimum Gasteiger partial charge on any atom is -0.478 e. The first kappa shape index (κ1) is 28.1. The van der Waals surface area contributed by atoms with Crippen LogP contribution in [0.2, 0.25) is 5.02 Å². The summed E-state index contributed by atoms with van der Waals surface area (Å²) in [7, 11) is -2.49. The van der Waals surface area contributed by atoms with Crippen molar-refractivity contribution in [2.24, 2.45) is 10.9 Å². The van der Waals surface area contributed by atoms with Crippen molar-refractivity contribution in [3.63, 3.8) is 0 Å². The number of halogens is 2. The molecule has 3 N–H and O–H groups in total. The second kappa shape index (κ2) is 11.9. The second-order valence-corrected chi connectivity index (χ2v) is 12.1. The fraction of sp³-hybridized carbons (Fsp3) is 0.417. The van der Waals surface area contributed by atoms with E-state index in [9.17, 15) is 27.5 Å². The maximum Gasteiger partial charge on any atom is 0.335 e. The summed E-state index contributed by atoms with van der Waals surface area (Å²) in [6, 6.07) is 2.41. The van der Waals surface area contributed by atoms with Crippen LogP contribution in [0.1, 0.15) is 48.7 Å². The molecular formula is C24H26ClFN4O6S2. The summed E-state index contributed by atoms with van der Waals surface area (Å²) in [5.74, 6) is -2.57. The van der Waals surface area contributed by atoms with Gasteiger partial charge in [-0.05, 0) is 43.7 Å². The number of carboxylic acid groups (broad SMARTS) is 1. The van der Waals surface area contributed by atoms with Crippen LogP contribution in [0.15, 0.2) is 46.0 Å². The molecule has 1 aliphatic heterocycles. The number of hydrogen-bond donors (Lipinski definition) is 3. The topological polar surface area (TPSA) is 147 Å². The van der Waals surface area contributed by atoms with E-state index < -0.39 is 33.8 Å². The number of benzene rings is 1. The molecule has 1 atom stereocenters. The van der Waals surface area contributed by atoms with E-state index in [2.05, 4.69) is 24.8 Å². The van der Waals surface area contributed by atoms with Crippen LogP contribution >= 0.6 is 22.9 Å². The molecule has 0 amide bonds. The molecule has 14 heteroatoms. The zero-order valence-corrected chi connectivity index (χ0v) is 22.7. The number of rotatable bonds is 9. The number of nitrogens with one attached hydrogen (secondary N) is 2. The van der Waals surface area contributed by atoms with Gasteiger partial charge in [0.1, 0.15) is 11.9 Å². The summed E-state index contributed by atoms with van der Waals surface area (Å²) in [6.07, 6.45) is 3.29. The largest absolute Gasteiger partial charge is 0.478 e. The van der Waals surface area contributed by atoms with E-state index >= 15 is 0 Å². The summed E-state index contributed by atoms with van der Waals surface area (Å²) < 4.78 is 45.7. The van der Waals surface area contributed by atoms with Gasteiger partial charge in [0.05, 0.1) is 24.9 Å². The number of aliphatic imine (C=N–C) groups is 1. The van der Waals surface area contributed by atoms with Crippen LogP contribution in [-0.4, -0.2) is 55.2 Å². The average Bonchev–Trinajstić information content (AvgIpc) is 3.42. The van der Waals surface area contributed by atoms with Crippen LogP contribution in [0.4, 0.5) is 4.39 Å². The zero-order valence-electron chi connectivity index (χ0n) is 20.3. The third-order valence-corrected chi connectivity index (χ3v) is 9.02. The van der Waals surface area contributed by atoms with E-state index in [0.717, 1.165) is 6.07 Å². The number of carbonyl (C=O) groups is 2. The Balaban J connectivity index is 1.59. The zero-order chi connectivity index (χ0) is 27.4. The van der Waals surface area contributed by atoms with Gasteiger partial charge in [-0.1, -0.05) is 17.7 Å². The molecule has 204 valence electrons. The van der Waals surface area contributed by atoms with Gasteiger partial charge in [-0.3, -0.25) is 9.79 Å².